The zero-order valence-electron chi connectivity index (χ0n) is 43.2. The number of ether oxygens (including phenoxy) is 2. The van der Waals surface area contributed by atoms with Crippen LogP contribution in [0.3, 0.4) is 0 Å². The lowest BCUT2D eigenvalue weighted by Gasteiger charge is -2.26. The molecule has 78 heavy (non-hydrogen) atoms. The number of nitrogens with two attached hydrogens (primary N) is 2. The van der Waals surface area contributed by atoms with Crippen LogP contribution in [-0.2, 0) is 9.68 Å². The Kier molecular flexibility index (Phi) is 18.2. The Morgan fingerprint density at radius 2 is 0.526 bits per heavy atom. The standard InChI is InChI=1S/2C33H30N2O4/c2*1-24(38-34)29-22-30(36)31(37-32(25-14-6-2-7-15-25)26-16-8-3-9-17-26)23-35(29)39-33(27-18-10-4-11-19-27)28-20-12-5-13-21-28/h2*2-24,32-33H,34H2,1H3/t2*24-/m10/s1. The summed E-state index contributed by atoms with van der Waals surface area (Å²) >= 11 is 0. The number of pyridine rings is 2. The average Bonchev–Trinajstić information content (AvgIpc) is 3.52. The molecule has 0 amide bonds. The van der Waals surface area contributed by atoms with Gasteiger partial charge in [0.05, 0.1) is 23.8 Å². The first-order valence-corrected chi connectivity index (χ1v) is 25.6. The van der Waals surface area contributed by atoms with Crippen LogP contribution < -0.4 is 41.8 Å². The van der Waals surface area contributed by atoms with E-state index in [1.165, 1.54) is 21.6 Å². The van der Waals surface area contributed by atoms with Gasteiger partial charge in [-0.3, -0.25) is 19.3 Å². The molecule has 12 heteroatoms. The van der Waals surface area contributed by atoms with E-state index in [0.717, 1.165) is 44.5 Å². The van der Waals surface area contributed by atoms with Crippen LogP contribution in [0.25, 0.3) is 0 Å². The van der Waals surface area contributed by atoms with Crippen LogP contribution in [0.4, 0.5) is 0 Å². The van der Waals surface area contributed by atoms with Crippen molar-refractivity contribution in [2.75, 3.05) is 0 Å². The molecule has 0 fully saturated rings. The highest BCUT2D eigenvalue weighted by Crippen LogP contribution is 2.32. The fourth-order valence-electron chi connectivity index (χ4n) is 8.91. The van der Waals surface area contributed by atoms with Crippen LogP contribution in [0.2, 0.25) is 0 Å². The lowest BCUT2D eigenvalue weighted by molar-refractivity contribution is 0.0116. The maximum absolute atomic E-state index is 13.3. The first-order valence-electron chi connectivity index (χ1n) is 25.6. The molecule has 12 nitrogen and oxygen atoms in total. The van der Waals surface area contributed by atoms with E-state index in [2.05, 4.69) is 0 Å². The van der Waals surface area contributed by atoms with Gasteiger partial charge in [0.2, 0.25) is 10.9 Å². The minimum Gasteiger partial charge on any atom is -0.475 e. The summed E-state index contributed by atoms with van der Waals surface area (Å²) < 4.78 is 15.9. The van der Waals surface area contributed by atoms with Gasteiger partial charge in [0, 0.05) is 12.1 Å². The minimum absolute atomic E-state index is 0.139. The summed E-state index contributed by atoms with van der Waals surface area (Å²) in [4.78, 5) is 50.1. The second-order valence-corrected chi connectivity index (χ2v) is 18.3. The molecule has 0 radical (unpaired) electrons. The van der Waals surface area contributed by atoms with Gasteiger partial charge in [-0.15, -0.1) is 0 Å². The fraction of sp³-hybridized carbons (Fsp3) is 0.121. The van der Waals surface area contributed by atoms with E-state index >= 15 is 0 Å². The summed E-state index contributed by atoms with van der Waals surface area (Å²) in [6.07, 6.45) is -0.00845. The van der Waals surface area contributed by atoms with E-state index in [1.54, 1.807) is 26.2 Å². The second-order valence-electron chi connectivity index (χ2n) is 18.3. The number of nitrogens with zero attached hydrogens (tertiary/aromatic N) is 2. The molecule has 392 valence electrons. The van der Waals surface area contributed by atoms with E-state index in [0.29, 0.717) is 11.4 Å². The highest BCUT2D eigenvalue weighted by molar-refractivity contribution is 5.37. The Morgan fingerprint density at radius 3 is 0.731 bits per heavy atom. The zero-order valence-corrected chi connectivity index (χ0v) is 43.2. The Balaban J connectivity index is 0.000000190. The first kappa shape index (κ1) is 53.5. The van der Waals surface area contributed by atoms with Crippen LogP contribution >= 0.6 is 0 Å². The summed E-state index contributed by atoms with van der Waals surface area (Å²) in [5.41, 5.74) is 7.79. The molecule has 8 aromatic carbocycles. The molecule has 0 aliphatic rings. The van der Waals surface area contributed by atoms with Crippen molar-refractivity contribution in [1.82, 2.24) is 9.46 Å². The molecule has 0 aliphatic heterocycles. The maximum Gasteiger partial charge on any atom is 0.224 e. The molecule has 0 saturated heterocycles. The molecular weight excluding hydrogens is 977 g/mol. The predicted molar refractivity (Wildman–Crippen MR) is 302 cm³/mol. The summed E-state index contributed by atoms with van der Waals surface area (Å²) in [6, 6.07) is 81.7. The van der Waals surface area contributed by atoms with Gasteiger partial charge in [-0.05, 0) is 58.4 Å². The van der Waals surface area contributed by atoms with E-state index in [-0.39, 0.29) is 22.4 Å². The van der Waals surface area contributed by atoms with Gasteiger partial charge in [-0.25, -0.2) is 11.8 Å². The summed E-state index contributed by atoms with van der Waals surface area (Å²) in [7, 11) is 0. The highest BCUT2D eigenvalue weighted by atomic mass is 16.7. The van der Waals surface area contributed by atoms with Gasteiger partial charge >= 0.3 is 0 Å². The smallest absolute Gasteiger partial charge is 0.224 e. The fourth-order valence-corrected chi connectivity index (χ4v) is 8.91. The lowest BCUT2D eigenvalue weighted by Crippen LogP contribution is -2.27. The largest absolute Gasteiger partial charge is 0.475 e. The van der Waals surface area contributed by atoms with Crippen LogP contribution in [-0.4, -0.2) is 9.46 Å². The zero-order chi connectivity index (χ0) is 54.1. The normalized spacial score (nSPS) is 11.9. The molecule has 10 aromatic rings. The Bertz CT molecular complexity index is 3130. The molecule has 4 N–H and O–H groups in total. The third-order valence-electron chi connectivity index (χ3n) is 13.0. The van der Waals surface area contributed by atoms with Crippen LogP contribution in [0.15, 0.2) is 277 Å². The van der Waals surface area contributed by atoms with Crippen LogP contribution in [0.1, 0.15) is 106 Å². The van der Waals surface area contributed by atoms with Crippen molar-refractivity contribution in [2.24, 2.45) is 11.8 Å². The maximum atomic E-state index is 13.3. The van der Waals surface area contributed by atoms with Gasteiger partial charge in [-0.2, -0.15) is 9.46 Å². The summed E-state index contributed by atoms with van der Waals surface area (Å²) in [6.45, 7) is 3.51. The van der Waals surface area contributed by atoms with Gasteiger partial charge < -0.3 is 19.1 Å². The molecular formula is C66H60N4O8. The molecule has 2 aromatic heterocycles. The van der Waals surface area contributed by atoms with E-state index in [1.807, 2.05) is 243 Å². The third-order valence-corrected chi connectivity index (χ3v) is 13.0. The molecule has 0 saturated carbocycles. The Morgan fingerprint density at radius 1 is 0.321 bits per heavy atom. The Hall–Kier alpha value is -9.30. The number of rotatable bonds is 20. The SMILES string of the molecule is C[C@@H](ON)c1cc(=O)c(OC(c2ccccc2)c2ccccc2)cn1OC(c1ccccc1)c1ccccc1.C[C@H](ON)c1cc(=O)c(OC(c2ccccc2)c2ccccc2)cn1OC(c1ccccc1)c1ccccc1. The second kappa shape index (κ2) is 26.5. The van der Waals surface area contributed by atoms with Gasteiger partial charge in [0.1, 0.15) is 24.4 Å². The van der Waals surface area contributed by atoms with Crippen molar-refractivity contribution in [3.8, 4) is 11.5 Å². The van der Waals surface area contributed by atoms with E-state index < -0.39 is 36.6 Å². The van der Waals surface area contributed by atoms with Crippen molar-refractivity contribution >= 4 is 0 Å². The number of hydrogen-bond donors (Lipinski definition) is 2. The monoisotopic (exact) mass is 1040 g/mol. The quantitative estimate of drug-likeness (QED) is 0.0706. The molecule has 0 bridgehead atoms. The molecule has 10 rings (SSSR count). The van der Waals surface area contributed by atoms with Crippen molar-refractivity contribution in [2.45, 2.75) is 50.5 Å². The van der Waals surface area contributed by atoms with E-state index in [4.69, 9.17) is 40.6 Å². The van der Waals surface area contributed by atoms with Crippen LogP contribution in [0, 0.1) is 0 Å². The van der Waals surface area contributed by atoms with Crippen LogP contribution in [0.5, 0.6) is 11.5 Å². The van der Waals surface area contributed by atoms with Gasteiger partial charge in [0.25, 0.3) is 0 Å². The first-order chi connectivity index (χ1) is 38.3. The molecule has 0 spiro atoms. The number of benzene rings is 8. The molecule has 2 heterocycles. The number of aromatic nitrogens is 2. The van der Waals surface area contributed by atoms with Crippen molar-refractivity contribution < 1.29 is 28.8 Å². The number of hydrogen-bond acceptors (Lipinski definition) is 10. The van der Waals surface area contributed by atoms with Crippen molar-refractivity contribution in [3.05, 3.63) is 344 Å². The van der Waals surface area contributed by atoms with Gasteiger partial charge in [0.15, 0.2) is 23.7 Å². The third kappa shape index (κ3) is 13.4. The highest BCUT2D eigenvalue weighted by Gasteiger charge is 2.26. The molecule has 0 aliphatic carbocycles. The Labute approximate surface area is 453 Å². The topological polar surface area (TPSA) is 151 Å². The lowest BCUT2D eigenvalue weighted by atomic mass is 10.0. The van der Waals surface area contributed by atoms with E-state index in [9.17, 15) is 9.59 Å². The molecule has 0 unspecified atom stereocenters. The van der Waals surface area contributed by atoms with Crippen molar-refractivity contribution in [1.29, 1.82) is 0 Å². The predicted octanol–water partition coefficient (Wildman–Crippen LogP) is 12.4. The molecule has 2 atom stereocenters. The summed E-state index contributed by atoms with van der Waals surface area (Å²) in [5, 5.41) is 0. The minimum atomic E-state index is -0.613. The summed E-state index contributed by atoms with van der Waals surface area (Å²) in [5.74, 6) is 11.4. The van der Waals surface area contributed by atoms with Gasteiger partial charge in [-0.1, -0.05) is 243 Å². The average molecular weight is 1040 g/mol. The van der Waals surface area contributed by atoms with Crippen molar-refractivity contribution in [3.63, 3.8) is 0 Å².